The van der Waals surface area contributed by atoms with Crippen molar-refractivity contribution in [1.29, 1.82) is 0 Å². The average Bonchev–Trinajstić information content (AvgIpc) is 2.85. The number of unbranched alkanes of at least 4 members (excludes halogenated alkanes) is 2. The summed E-state index contributed by atoms with van der Waals surface area (Å²) in [6.07, 6.45) is -0.664. The van der Waals surface area contributed by atoms with Crippen molar-refractivity contribution in [2.75, 3.05) is 26.3 Å². The molecule has 0 aliphatic carbocycles. The van der Waals surface area contributed by atoms with Gasteiger partial charge in [-0.3, -0.25) is 0 Å². The van der Waals surface area contributed by atoms with E-state index < -0.39 is 35.7 Å². The van der Waals surface area contributed by atoms with E-state index in [1.54, 1.807) is 31.2 Å². The Bertz CT molecular complexity index is 1030. The van der Waals surface area contributed by atoms with E-state index >= 15 is 0 Å². The van der Waals surface area contributed by atoms with Crippen molar-refractivity contribution < 1.29 is 46.5 Å². The maximum absolute atomic E-state index is 13.5. The maximum Gasteiger partial charge on any atom is 0.415 e. The fraction of sp³-hybridized carbons (Fsp3) is 0.481. The van der Waals surface area contributed by atoms with Gasteiger partial charge in [-0.05, 0) is 56.5 Å². The molecule has 2 aromatic rings. The molecule has 2 aromatic carbocycles. The highest BCUT2D eigenvalue weighted by Crippen LogP contribution is 2.21. The molecule has 0 aliphatic heterocycles. The summed E-state index contributed by atoms with van der Waals surface area (Å²) >= 11 is 0. The lowest BCUT2D eigenvalue weighted by atomic mass is 10.1. The highest BCUT2D eigenvalue weighted by molar-refractivity contribution is 5.72. The van der Waals surface area contributed by atoms with Gasteiger partial charge in [-0.2, -0.15) is 0 Å². The molecule has 7 nitrogen and oxygen atoms in total. The van der Waals surface area contributed by atoms with E-state index in [2.05, 4.69) is 0 Å². The van der Waals surface area contributed by atoms with E-state index in [9.17, 15) is 32.3 Å². The molecule has 1 amide bonds. The molecule has 0 saturated heterocycles. The van der Waals surface area contributed by atoms with Gasteiger partial charge in [-0.15, -0.1) is 0 Å². The molecule has 210 valence electrons. The number of amides is 1. The Morgan fingerprint density at radius 1 is 0.974 bits per heavy atom. The molecule has 1 N–H and O–H groups in total. The smallest absolute Gasteiger partial charge is 0.415 e. The first-order valence-electron chi connectivity index (χ1n) is 12.3. The molecule has 0 radical (unpaired) electrons. The van der Waals surface area contributed by atoms with Crippen molar-refractivity contribution in [3.63, 3.8) is 0 Å². The number of ether oxygens (including phenoxy) is 3. The zero-order valence-corrected chi connectivity index (χ0v) is 21.4. The Morgan fingerprint density at radius 2 is 1.66 bits per heavy atom. The number of carbonyl (C=O) groups is 2. The Balaban J connectivity index is 1.94. The van der Waals surface area contributed by atoms with Crippen molar-refractivity contribution in [2.24, 2.45) is 0 Å². The normalized spacial score (nSPS) is 12.2. The Kier molecular flexibility index (Phi) is 12.3. The third-order valence-electron chi connectivity index (χ3n) is 5.52. The molecule has 0 heterocycles. The van der Waals surface area contributed by atoms with E-state index in [0.29, 0.717) is 18.6 Å². The summed E-state index contributed by atoms with van der Waals surface area (Å²) in [7, 11) is 0. The number of hydrogen-bond acceptors (Lipinski definition) is 5. The number of halogens is 4. The number of hydrogen-bond donors (Lipinski definition) is 1. The third-order valence-corrected chi connectivity index (χ3v) is 5.52. The summed E-state index contributed by atoms with van der Waals surface area (Å²) in [5.74, 6) is -5.74. The number of rotatable bonds is 16. The Labute approximate surface area is 219 Å². The molecule has 38 heavy (non-hydrogen) atoms. The van der Waals surface area contributed by atoms with Gasteiger partial charge in [-0.1, -0.05) is 18.6 Å². The lowest BCUT2D eigenvalue weighted by Gasteiger charge is -2.22. The number of carboxylic acids is 1. The van der Waals surface area contributed by atoms with Gasteiger partial charge < -0.3 is 24.2 Å². The van der Waals surface area contributed by atoms with Crippen LogP contribution >= 0.6 is 0 Å². The van der Waals surface area contributed by atoms with Crippen LogP contribution in [-0.4, -0.2) is 60.4 Å². The van der Waals surface area contributed by atoms with Gasteiger partial charge in [0.2, 0.25) is 5.92 Å². The second-order valence-corrected chi connectivity index (χ2v) is 8.79. The van der Waals surface area contributed by atoms with Gasteiger partial charge in [0.05, 0.1) is 6.54 Å². The molecule has 1 unspecified atom stereocenters. The van der Waals surface area contributed by atoms with Gasteiger partial charge in [0.15, 0.2) is 17.7 Å². The highest BCUT2D eigenvalue weighted by atomic mass is 19.3. The first kappa shape index (κ1) is 30.9. The van der Waals surface area contributed by atoms with Gasteiger partial charge in [0.25, 0.3) is 0 Å². The van der Waals surface area contributed by atoms with Crippen molar-refractivity contribution in [3.05, 3.63) is 59.7 Å². The van der Waals surface area contributed by atoms with Gasteiger partial charge in [0.1, 0.15) is 18.1 Å². The van der Waals surface area contributed by atoms with Crippen LogP contribution in [0.2, 0.25) is 0 Å². The lowest BCUT2D eigenvalue weighted by Crippen LogP contribution is -2.37. The lowest BCUT2D eigenvalue weighted by molar-refractivity contribution is -0.149. The van der Waals surface area contributed by atoms with Crippen molar-refractivity contribution in [2.45, 2.75) is 58.0 Å². The molecule has 0 bridgehead atoms. The summed E-state index contributed by atoms with van der Waals surface area (Å²) in [6.45, 7) is 3.18. The quantitative estimate of drug-likeness (QED) is 0.204. The minimum Gasteiger partial charge on any atom is -0.492 e. The molecule has 0 saturated carbocycles. The van der Waals surface area contributed by atoms with E-state index in [0.717, 1.165) is 30.7 Å². The molecule has 11 heteroatoms. The number of benzene rings is 2. The summed E-state index contributed by atoms with van der Waals surface area (Å²) < 4.78 is 68.8. The first-order valence-corrected chi connectivity index (χ1v) is 12.3. The zero-order valence-electron chi connectivity index (χ0n) is 21.4. The first-order chi connectivity index (χ1) is 18.0. The number of aliphatic carboxylic acids is 1. The molecular formula is C27H33F4NO6. The van der Waals surface area contributed by atoms with Crippen LogP contribution in [-0.2, 0) is 16.0 Å². The zero-order chi connectivity index (χ0) is 28.1. The molecule has 1 atom stereocenters. The van der Waals surface area contributed by atoms with Gasteiger partial charge in [0, 0.05) is 32.1 Å². The van der Waals surface area contributed by atoms with Crippen molar-refractivity contribution in [3.8, 4) is 11.5 Å². The van der Waals surface area contributed by atoms with Crippen LogP contribution in [0.25, 0.3) is 0 Å². The summed E-state index contributed by atoms with van der Waals surface area (Å²) in [5.41, 5.74) is 0.743. The molecule has 0 aromatic heterocycles. The number of alkyl halides is 2. The molecule has 0 spiro atoms. The van der Waals surface area contributed by atoms with Crippen molar-refractivity contribution >= 4 is 12.1 Å². The minimum absolute atomic E-state index is 0.0654. The Morgan fingerprint density at radius 3 is 2.26 bits per heavy atom. The SMILES string of the molecule is CCOC(Cc1ccc(OCCN(CCCCCC(C)(F)F)C(=O)Oc2ccc(F)c(F)c2)cc1)C(=O)O. The van der Waals surface area contributed by atoms with E-state index in [1.807, 2.05) is 0 Å². The third kappa shape index (κ3) is 11.4. The van der Waals surface area contributed by atoms with Crippen LogP contribution in [0.3, 0.4) is 0 Å². The molecule has 2 rings (SSSR count). The maximum atomic E-state index is 13.5. The summed E-state index contributed by atoms with van der Waals surface area (Å²) in [5, 5.41) is 9.22. The minimum atomic E-state index is -2.76. The molecule has 0 fully saturated rings. The van der Waals surface area contributed by atoms with Crippen LogP contribution in [0.4, 0.5) is 22.4 Å². The number of carboxylic acid groups (broad SMARTS) is 1. The van der Waals surface area contributed by atoms with E-state index in [1.165, 1.54) is 4.90 Å². The largest absolute Gasteiger partial charge is 0.492 e. The van der Waals surface area contributed by atoms with Crippen LogP contribution in [0.1, 0.15) is 45.1 Å². The van der Waals surface area contributed by atoms with Crippen LogP contribution in [0.15, 0.2) is 42.5 Å². The summed E-state index contributed by atoms with van der Waals surface area (Å²) in [6, 6.07) is 9.46. The van der Waals surface area contributed by atoms with E-state index in [4.69, 9.17) is 14.2 Å². The van der Waals surface area contributed by atoms with Gasteiger partial charge >= 0.3 is 12.1 Å². The number of nitrogens with zero attached hydrogens (tertiary/aromatic N) is 1. The Hall–Kier alpha value is -3.34. The molecular weight excluding hydrogens is 510 g/mol. The standard InChI is InChI=1S/C27H33F4NO6/c1-3-36-24(25(33)34)17-19-7-9-20(10-8-19)37-16-15-32(14-6-4-5-13-27(2,30)31)26(35)38-21-11-12-22(28)23(29)18-21/h7-12,18,24H,3-6,13-17H2,1-2H3,(H,33,34). The number of carbonyl (C=O) groups excluding carboxylic acids is 1. The van der Waals surface area contributed by atoms with Crippen LogP contribution in [0, 0.1) is 11.6 Å². The second-order valence-electron chi connectivity index (χ2n) is 8.79. The predicted molar refractivity (Wildman–Crippen MR) is 132 cm³/mol. The van der Waals surface area contributed by atoms with Crippen LogP contribution < -0.4 is 9.47 Å². The highest BCUT2D eigenvalue weighted by Gasteiger charge is 2.21. The molecule has 0 aliphatic rings. The predicted octanol–water partition coefficient (Wildman–Crippen LogP) is 6.09. The fourth-order valence-corrected chi connectivity index (χ4v) is 3.54. The van der Waals surface area contributed by atoms with Crippen LogP contribution in [0.5, 0.6) is 11.5 Å². The second kappa shape index (κ2) is 15.2. The fourth-order valence-electron chi connectivity index (χ4n) is 3.54. The average molecular weight is 544 g/mol. The van der Waals surface area contributed by atoms with E-state index in [-0.39, 0.29) is 51.3 Å². The topological polar surface area (TPSA) is 85.3 Å². The monoisotopic (exact) mass is 543 g/mol. The van der Waals surface area contributed by atoms with Crippen molar-refractivity contribution in [1.82, 2.24) is 4.90 Å². The van der Waals surface area contributed by atoms with Gasteiger partial charge in [-0.25, -0.2) is 27.2 Å². The summed E-state index contributed by atoms with van der Waals surface area (Å²) in [4.78, 5) is 25.2.